The molecule has 4 rings (SSSR count). The van der Waals surface area contributed by atoms with Gasteiger partial charge in [-0.15, -0.1) is 0 Å². The SMILES string of the molecule is Cc1ccc(C)c2sc(NC(=O)/C=C/c3ccc(-c4ccc(Cl)cc4)o3)nc12. The number of halogens is 1. The third-order valence-electron chi connectivity index (χ3n) is 4.33. The maximum Gasteiger partial charge on any atom is 0.250 e. The first kappa shape index (κ1) is 18.5. The first-order valence-corrected chi connectivity index (χ1v) is 9.90. The lowest BCUT2D eigenvalue weighted by Gasteiger charge is -1.97. The van der Waals surface area contributed by atoms with E-state index >= 15 is 0 Å². The van der Waals surface area contributed by atoms with Crippen LogP contribution >= 0.6 is 22.9 Å². The summed E-state index contributed by atoms with van der Waals surface area (Å²) in [6, 6.07) is 15.2. The van der Waals surface area contributed by atoms with Crippen molar-refractivity contribution < 1.29 is 9.21 Å². The smallest absolute Gasteiger partial charge is 0.250 e. The van der Waals surface area contributed by atoms with Gasteiger partial charge in [-0.05, 0) is 67.4 Å². The average molecular weight is 409 g/mol. The minimum atomic E-state index is -0.251. The number of furan rings is 1. The van der Waals surface area contributed by atoms with Gasteiger partial charge in [-0.2, -0.15) is 0 Å². The van der Waals surface area contributed by atoms with E-state index in [1.54, 1.807) is 6.08 Å². The van der Waals surface area contributed by atoms with Crippen molar-refractivity contribution in [2.45, 2.75) is 13.8 Å². The lowest BCUT2D eigenvalue weighted by atomic mass is 10.1. The van der Waals surface area contributed by atoms with E-state index in [9.17, 15) is 4.79 Å². The molecule has 0 atom stereocenters. The molecule has 2 aromatic heterocycles. The van der Waals surface area contributed by atoms with Gasteiger partial charge in [-0.1, -0.05) is 35.1 Å². The Balaban J connectivity index is 1.47. The summed E-state index contributed by atoms with van der Waals surface area (Å²) in [5, 5.41) is 4.09. The van der Waals surface area contributed by atoms with E-state index in [1.807, 2.05) is 56.3 Å². The van der Waals surface area contributed by atoms with Gasteiger partial charge in [-0.25, -0.2) is 4.98 Å². The zero-order valence-electron chi connectivity index (χ0n) is 15.3. The standard InChI is InChI=1S/C22H17ClN2O2S/c1-13-3-4-14(2)21-20(13)25-22(28-21)24-19(26)12-10-17-9-11-18(27-17)15-5-7-16(23)8-6-15/h3-12H,1-2H3,(H,24,25,26)/b12-10+. The van der Waals surface area contributed by atoms with E-state index in [4.69, 9.17) is 16.0 Å². The molecule has 0 aliphatic heterocycles. The summed E-state index contributed by atoms with van der Waals surface area (Å²) in [6.45, 7) is 4.06. The molecule has 0 aliphatic rings. The van der Waals surface area contributed by atoms with Gasteiger partial charge >= 0.3 is 0 Å². The highest BCUT2D eigenvalue weighted by Gasteiger charge is 2.10. The second kappa shape index (κ2) is 7.62. The number of nitrogens with zero attached hydrogens (tertiary/aromatic N) is 1. The molecule has 1 N–H and O–H groups in total. The first-order valence-electron chi connectivity index (χ1n) is 8.71. The summed E-state index contributed by atoms with van der Waals surface area (Å²) in [6.07, 6.45) is 3.08. The second-order valence-electron chi connectivity index (χ2n) is 6.43. The maximum absolute atomic E-state index is 12.3. The fourth-order valence-electron chi connectivity index (χ4n) is 2.83. The highest BCUT2D eigenvalue weighted by atomic mass is 35.5. The van der Waals surface area contributed by atoms with Gasteiger partial charge in [0.25, 0.3) is 0 Å². The Kier molecular flexibility index (Phi) is 5.03. The molecule has 0 spiro atoms. The number of benzene rings is 2. The number of anilines is 1. The number of hydrogen-bond acceptors (Lipinski definition) is 4. The van der Waals surface area contributed by atoms with Crippen LogP contribution in [0.15, 0.2) is 59.0 Å². The van der Waals surface area contributed by atoms with Crippen molar-refractivity contribution in [3.8, 4) is 11.3 Å². The number of aryl methyl sites for hydroxylation is 2. The monoisotopic (exact) mass is 408 g/mol. The van der Waals surface area contributed by atoms with Crippen LogP contribution < -0.4 is 5.32 Å². The minimum absolute atomic E-state index is 0.251. The molecule has 140 valence electrons. The number of carbonyl (C=O) groups is 1. The van der Waals surface area contributed by atoms with Crippen LogP contribution in [0.4, 0.5) is 5.13 Å². The zero-order chi connectivity index (χ0) is 19.7. The van der Waals surface area contributed by atoms with E-state index < -0.39 is 0 Å². The summed E-state index contributed by atoms with van der Waals surface area (Å²) in [4.78, 5) is 16.8. The summed E-state index contributed by atoms with van der Waals surface area (Å²) in [5.74, 6) is 1.06. The summed E-state index contributed by atoms with van der Waals surface area (Å²) < 4.78 is 6.86. The van der Waals surface area contributed by atoms with Crippen LogP contribution in [0.3, 0.4) is 0 Å². The van der Waals surface area contributed by atoms with Crippen molar-refractivity contribution >= 4 is 50.3 Å². The molecule has 0 unspecified atom stereocenters. The van der Waals surface area contributed by atoms with Gasteiger partial charge in [-0.3, -0.25) is 10.1 Å². The third-order valence-corrected chi connectivity index (χ3v) is 5.68. The lowest BCUT2D eigenvalue weighted by molar-refractivity contribution is -0.111. The van der Waals surface area contributed by atoms with E-state index in [1.165, 1.54) is 17.4 Å². The van der Waals surface area contributed by atoms with E-state index in [2.05, 4.69) is 16.4 Å². The van der Waals surface area contributed by atoms with Crippen molar-refractivity contribution in [3.63, 3.8) is 0 Å². The van der Waals surface area contributed by atoms with Crippen molar-refractivity contribution in [2.24, 2.45) is 0 Å². The molecule has 0 saturated heterocycles. The molecule has 4 nitrogen and oxygen atoms in total. The quantitative estimate of drug-likeness (QED) is 0.393. The largest absolute Gasteiger partial charge is 0.457 e. The summed E-state index contributed by atoms with van der Waals surface area (Å²) in [7, 11) is 0. The number of aromatic nitrogens is 1. The number of nitrogens with one attached hydrogen (secondary N) is 1. The van der Waals surface area contributed by atoms with Crippen LogP contribution in [-0.4, -0.2) is 10.9 Å². The summed E-state index contributed by atoms with van der Waals surface area (Å²) in [5.41, 5.74) is 4.11. The number of amides is 1. The molecule has 1 amide bonds. The van der Waals surface area contributed by atoms with Crippen molar-refractivity contribution in [3.05, 3.63) is 76.5 Å². The van der Waals surface area contributed by atoms with Crippen molar-refractivity contribution in [1.82, 2.24) is 4.98 Å². The summed E-state index contributed by atoms with van der Waals surface area (Å²) >= 11 is 7.39. The Labute approximate surface area is 171 Å². The van der Waals surface area contributed by atoms with Gasteiger partial charge in [0.2, 0.25) is 5.91 Å². The average Bonchev–Trinajstić information content (AvgIpc) is 3.32. The molecule has 0 bridgehead atoms. The minimum Gasteiger partial charge on any atom is -0.457 e. The van der Waals surface area contributed by atoms with Crippen molar-refractivity contribution in [2.75, 3.05) is 5.32 Å². The van der Waals surface area contributed by atoms with Crippen molar-refractivity contribution in [1.29, 1.82) is 0 Å². The molecule has 2 aromatic carbocycles. The molecular formula is C22H17ClN2O2S. The highest BCUT2D eigenvalue weighted by molar-refractivity contribution is 7.22. The second-order valence-corrected chi connectivity index (χ2v) is 7.86. The lowest BCUT2D eigenvalue weighted by Crippen LogP contribution is -2.07. The van der Waals surface area contributed by atoms with E-state index in [0.29, 0.717) is 21.7 Å². The molecular weight excluding hydrogens is 392 g/mol. The van der Waals surface area contributed by atoms with Gasteiger partial charge < -0.3 is 4.42 Å². The fourth-order valence-corrected chi connectivity index (χ4v) is 3.97. The molecule has 2 heterocycles. The van der Waals surface area contributed by atoms with Gasteiger partial charge in [0, 0.05) is 16.7 Å². The van der Waals surface area contributed by atoms with Crippen LogP contribution in [0.25, 0.3) is 27.6 Å². The Hall–Kier alpha value is -2.89. The fraction of sp³-hybridized carbons (Fsp3) is 0.0909. The van der Waals surface area contributed by atoms with Crippen LogP contribution in [0.1, 0.15) is 16.9 Å². The molecule has 6 heteroatoms. The van der Waals surface area contributed by atoms with Crippen LogP contribution in [0.2, 0.25) is 5.02 Å². The zero-order valence-corrected chi connectivity index (χ0v) is 16.9. The Morgan fingerprint density at radius 2 is 1.82 bits per heavy atom. The first-order chi connectivity index (χ1) is 13.5. The molecule has 4 aromatic rings. The molecule has 0 aliphatic carbocycles. The number of carbonyl (C=O) groups excluding carboxylic acids is 1. The van der Waals surface area contributed by atoms with E-state index in [0.717, 1.165) is 26.9 Å². The van der Waals surface area contributed by atoms with Crippen LogP contribution in [0, 0.1) is 13.8 Å². The Morgan fingerprint density at radius 1 is 1.07 bits per heavy atom. The predicted octanol–water partition coefficient (Wildman–Crippen LogP) is 6.48. The third kappa shape index (κ3) is 3.86. The topological polar surface area (TPSA) is 55.1 Å². The highest BCUT2D eigenvalue weighted by Crippen LogP contribution is 2.31. The predicted molar refractivity (Wildman–Crippen MR) is 116 cm³/mol. The molecule has 0 fully saturated rings. The van der Waals surface area contributed by atoms with Crippen LogP contribution in [-0.2, 0) is 4.79 Å². The number of hydrogen-bond donors (Lipinski definition) is 1. The van der Waals surface area contributed by atoms with Gasteiger partial charge in [0.15, 0.2) is 5.13 Å². The van der Waals surface area contributed by atoms with Gasteiger partial charge in [0.05, 0.1) is 10.2 Å². The number of rotatable bonds is 4. The van der Waals surface area contributed by atoms with E-state index in [-0.39, 0.29) is 5.91 Å². The maximum atomic E-state index is 12.3. The molecule has 28 heavy (non-hydrogen) atoms. The van der Waals surface area contributed by atoms with Gasteiger partial charge in [0.1, 0.15) is 11.5 Å². The Bertz CT molecular complexity index is 1150. The van der Waals surface area contributed by atoms with Crippen LogP contribution in [0.5, 0.6) is 0 Å². The molecule has 0 radical (unpaired) electrons. The normalized spacial score (nSPS) is 11.4. The number of thiazole rings is 1. The Morgan fingerprint density at radius 3 is 2.57 bits per heavy atom. The molecule has 0 saturated carbocycles. The number of fused-ring (bicyclic) bond motifs is 1.